The number of halogens is 1. The number of carbonyl (C=O) groups excluding carboxylic acids is 2. The van der Waals surface area contributed by atoms with Crippen LogP contribution in [0.25, 0.3) is 0 Å². The molecule has 0 saturated carbocycles. The summed E-state index contributed by atoms with van der Waals surface area (Å²) in [6.45, 7) is 0. The van der Waals surface area contributed by atoms with Crippen LogP contribution in [-0.4, -0.2) is 36.1 Å². The van der Waals surface area contributed by atoms with Crippen molar-refractivity contribution in [3.05, 3.63) is 27.4 Å². The summed E-state index contributed by atoms with van der Waals surface area (Å²) in [5, 5.41) is 10.3. The van der Waals surface area contributed by atoms with Crippen molar-refractivity contribution >= 4 is 35.0 Å². The van der Waals surface area contributed by atoms with Crippen molar-refractivity contribution in [3.8, 4) is 0 Å². The highest BCUT2D eigenvalue weighted by Crippen LogP contribution is 2.20. The Labute approximate surface area is 131 Å². The molecule has 0 atom stereocenters. The number of hydrogen-bond donors (Lipinski definition) is 1. The van der Waals surface area contributed by atoms with E-state index >= 15 is 0 Å². The lowest BCUT2D eigenvalue weighted by Crippen LogP contribution is -2.04. The highest BCUT2D eigenvalue weighted by Gasteiger charge is 2.11. The van der Waals surface area contributed by atoms with E-state index in [1.165, 1.54) is 26.4 Å². The Kier molecular flexibility index (Phi) is 9.19. The maximum Gasteiger partial charge on any atom is 0.311 e. The minimum atomic E-state index is -0.612. The zero-order valence-corrected chi connectivity index (χ0v) is 12.8. The van der Waals surface area contributed by atoms with Crippen LogP contribution >= 0.6 is 11.6 Å². The zero-order chi connectivity index (χ0) is 17.1. The van der Waals surface area contributed by atoms with E-state index in [4.69, 9.17) is 17.3 Å². The standard InChI is InChI=1S/C7H12O4.C5H4ClN3O2/c1-10-6(8)4-3-5-7(9)11-2;6-4-2-1-3(9(10)11)5(7)8-4/h3-5H2,1-2H3;1-2H,(H2,7,8). The summed E-state index contributed by atoms with van der Waals surface area (Å²) in [5.74, 6) is -0.759. The van der Waals surface area contributed by atoms with Gasteiger partial charge in [0.2, 0.25) is 5.82 Å². The summed E-state index contributed by atoms with van der Waals surface area (Å²) in [7, 11) is 2.64. The van der Waals surface area contributed by atoms with Crippen molar-refractivity contribution in [2.24, 2.45) is 0 Å². The summed E-state index contributed by atoms with van der Waals surface area (Å²) in [6.07, 6.45) is 1.02. The molecule has 1 heterocycles. The SMILES string of the molecule is COC(=O)CCCC(=O)OC.Nc1nc(Cl)ccc1[N+](=O)[O-]. The first-order valence-corrected chi connectivity index (χ1v) is 6.39. The number of nitrogens with two attached hydrogens (primary N) is 1. The zero-order valence-electron chi connectivity index (χ0n) is 12.1. The van der Waals surface area contributed by atoms with E-state index in [2.05, 4.69) is 14.5 Å². The average molecular weight is 334 g/mol. The summed E-state index contributed by atoms with van der Waals surface area (Å²) in [4.78, 5) is 34.1. The van der Waals surface area contributed by atoms with Crippen LogP contribution in [0.2, 0.25) is 5.15 Å². The molecule has 0 aliphatic carbocycles. The summed E-state index contributed by atoms with van der Waals surface area (Å²) < 4.78 is 8.75. The number of aromatic nitrogens is 1. The first-order chi connectivity index (χ1) is 10.3. The van der Waals surface area contributed by atoms with Crippen LogP contribution in [0.4, 0.5) is 11.5 Å². The average Bonchev–Trinajstić information content (AvgIpc) is 2.46. The van der Waals surface area contributed by atoms with E-state index in [1.807, 2.05) is 0 Å². The maximum absolute atomic E-state index is 10.5. The molecule has 10 heteroatoms. The molecule has 0 amide bonds. The van der Waals surface area contributed by atoms with E-state index in [0.29, 0.717) is 6.42 Å². The van der Waals surface area contributed by atoms with E-state index in [-0.39, 0.29) is 41.4 Å². The van der Waals surface area contributed by atoms with Crippen LogP contribution in [0.1, 0.15) is 19.3 Å². The van der Waals surface area contributed by atoms with Gasteiger partial charge in [-0.05, 0) is 12.5 Å². The van der Waals surface area contributed by atoms with Gasteiger partial charge in [-0.2, -0.15) is 0 Å². The van der Waals surface area contributed by atoms with Crippen molar-refractivity contribution in [2.45, 2.75) is 19.3 Å². The van der Waals surface area contributed by atoms with Gasteiger partial charge in [0.1, 0.15) is 5.15 Å². The molecule has 1 aromatic rings. The van der Waals surface area contributed by atoms with Gasteiger partial charge in [-0.3, -0.25) is 19.7 Å². The second-order valence-corrected chi connectivity index (χ2v) is 4.19. The lowest BCUT2D eigenvalue weighted by molar-refractivity contribution is -0.384. The molecule has 9 nitrogen and oxygen atoms in total. The molecule has 122 valence electrons. The Morgan fingerprint density at radius 1 is 1.27 bits per heavy atom. The second kappa shape index (κ2) is 10.3. The topological polar surface area (TPSA) is 135 Å². The number of rotatable bonds is 5. The van der Waals surface area contributed by atoms with Crippen LogP contribution < -0.4 is 5.73 Å². The van der Waals surface area contributed by atoms with Crippen LogP contribution in [0.15, 0.2) is 12.1 Å². The third-order valence-electron chi connectivity index (χ3n) is 2.28. The molecule has 0 aromatic carbocycles. The van der Waals surface area contributed by atoms with Gasteiger partial charge in [-0.1, -0.05) is 11.6 Å². The van der Waals surface area contributed by atoms with Gasteiger partial charge in [0.15, 0.2) is 0 Å². The summed E-state index contributed by atoms with van der Waals surface area (Å²) in [6, 6.07) is 2.53. The minimum absolute atomic E-state index is 0.146. The Hall–Kier alpha value is -2.42. The van der Waals surface area contributed by atoms with Crippen LogP contribution in [0.3, 0.4) is 0 Å². The van der Waals surface area contributed by atoms with Gasteiger partial charge in [0, 0.05) is 18.9 Å². The van der Waals surface area contributed by atoms with Crippen molar-refractivity contribution in [1.82, 2.24) is 4.98 Å². The van der Waals surface area contributed by atoms with Gasteiger partial charge in [0.05, 0.1) is 19.1 Å². The number of methoxy groups -OCH3 is 2. The summed E-state index contributed by atoms with van der Waals surface area (Å²) in [5.41, 5.74) is 4.96. The van der Waals surface area contributed by atoms with Crippen LogP contribution in [0.5, 0.6) is 0 Å². The predicted octanol–water partition coefficient (Wildman–Crippen LogP) is 1.73. The van der Waals surface area contributed by atoms with Gasteiger partial charge >= 0.3 is 17.6 Å². The number of carbonyl (C=O) groups is 2. The van der Waals surface area contributed by atoms with E-state index in [0.717, 1.165) is 0 Å². The normalized spacial score (nSPS) is 9.23. The Morgan fingerprint density at radius 3 is 2.14 bits per heavy atom. The Balaban J connectivity index is 0.000000401. The fourth-order valence-electron chi connectivity index (χ4n) is 1.18. The number of nitro groups is 1. The van der Waals surface area contributed by atoms with Gasteiger partial charge in [-0.15, -0.1) is 0 Å². The smallest absolute Gasteiger partial charge is 0.311 e. The first-order valence-electron chi connectivity index (χ1n) is 6.01. The molecule has 0 bridgehead atoms. The predicted molar refractivity (Wildman–Crippen MR) is 78.2 cm³/mol. The fraction of sp³-hybridized carbons (Fsp3) is 0.417. The monoisotopic (exact) mass is 333 g/mol. The van der Waals surface area contributed by atoms with Crippen molar-refractivity contribution in [3.63, 3.8) is 0 Å². The number of anilines is 1. The van der Waals surface area contributed by atoms with Crippen molar-refractivity contribution < 1.29 is 24.0 Å². The van der Waals surface area contributed by atoms with Crippen LogP contribution in [-0.2, 0) is 19.1 Å². The van der Waals surface area contributed by atoms with E-state index < -0.39 is 4.92 Å². The fourth-order valence-corrected chi connectivity index (χ4v) is 1.33. The number of esters is 2. The number of nitrogen functional groups attached to an aromatic ring is 1. The van der Waals surface area contributed by atoms with E-state index in [9.17, 15) is 19.7 Å². The Morgan fingerprint density at radius 2 is 1.77 bits per heavy atom. The molecule has 22 heavy (non-hydrogen) atoms. The molecule has 0 spiro atoms. The first kappa shape index (κ1) is 19.6. The molecule has 0 saturated heterocycles. The minimum Gasteiger partial charge on any atom is -0.469 e. The molecule has 0 fully saturated rings. The number of hydrogen-bond acceptors (Lipinski definition) is 8. The van der Waals surface area contributed by atoms with Crippen molar-refractivity contribution in [1.29, 1.82) is 0 Å². The third kappa shape index (κ3) is 8.00. The molecule has 0 radical (unpaired) electrons. The number of nitrogens with zero attached hydrogens (tertiary/aromatic N) is 2. The molecule has 0 aliphatic rings. The summed E-state index contributed by atoms with van der Waals surface area (Å²) >= 11 is 5.41. The van der Waals surface area contributed by atoms with Gasteiger partial charge in [-0.25, -0.2) is 4.98 Å². The molecule has 1 aromatic heterocycles. The second-order valence-electron chi connectivity index (χ2n) is 3.80. The molecular weight excluding hydrogens is 318 g/mol. The lowest BCUT2D eigenvalue weighted by atomic mass is 10.2. The number of ether oxygens (including phenoxy) is 2. The molecule has 0 unspecified atom stereocenters. The Bertz CT molecular complexity index is 522. The van der Waals surface area contributed by atoms with Gasteiger partial charge in [0.25, 0.3) is 0 Å². The van der Waals surface area contributed by atoms with Gasteiger partial charge < -0.3 is 15.2 Å². The highest BCUT2D eigenvalue weighted by molar-refractivity contribution is 6.29. The molecular formula is C12H16ClN3O6. The highest BCUT2D eigenvalue weighted by atomic mass is 35.5. The molecule has 0 aliphatic heterocycles. The molecule has 1 rings (SSSR count). The van der Waals surface area contributed by atoms with E-state index in [1.54, 1.807) is 0 Å². The number of pyridine rings is 1. The van der Waals surface area contributed by atoms with Crippen molar-refractivity contribution in [2.75, 3.05) is 20.0 Å². The lowest BCUT2D eigenvalue weighted by Gasteiger charge is -1.97. The largest absolute Gasteiger partial charge is 0.469 e. The van der Waals surface area contributed by atoms with Crippen LogP contribution in [0, 0.1) is 10.1 Å². The third-order valence-corrected chi connectivity index (χ3v) is 2.49. The quantitative estimate of drug-likeness (QED) is 0.372. The maximum atomic E-state index is 10.5. The molecule has 2 N–H and O–H groups in total.